The first kappa shape index (κ1) is 8.76. The van der Waals surface area contributed by atoms with Gasteiger partial charge in [-0.1, -0.05) is 18.2 Å². The molecule has 0 aromatic heterocycles. The zero-order valence-corrected chi connectivity index (χ0v) is 7.01. The van der Waals surface area contributed by atoms with Gasteiger partial charge < -0.3 is 0 Å². The van der Waals surface area contributed by atoms with Crippen molar-refractivity contribution in [1.29, 1.82) is 5.26 Å². The Kier molecular flexibility index (Phi) is 2.84. The minimum atomic E-state index is -0.536. The summed E-state index contributed by atoms with van der Waals surface area (Å²) in [5.41, 5.74) is 1.10. The summed E-state index contributed by atoms with van der Waals surface area (Å²) in [7, 11) is 0. The smallest absolute Gasteiger partial charge is 0.262 e. The molecule has 0 saturated carbocycles. The van der Waals surface area contributed by atoms with E-state index in [4.69, 9.17) is 16.9 Å². The molecule has 0 radical (unpaired) electrons. The molecule has 0 aliphatic heterocycles. The second-order valence-electron chi connectivity index (χ2n) is 2.23. The fourth-order valence-corrected chi connectivity index (χ4v) is 1.15. The average molecular weight is 180 g/mol. The summed E-state index contributed by atoms with van der Waals surface area (Å²) in [5.74, 6) is -0.282. The maximum absolute atomic E-state index is 11.0. The highest BCUT2D eigenvalue weighted by atomic mass is 35.5. The summed E-state index contributed by atoms with van der Waals surface area (Å²) in [6, 6.07) is 8.39. The van der Waals surface area contributed by atoms with Crippen molar-refractivity contribution in [2.75, 3.05) is 0 Å². The molecule has 0 aliphatic rings. The highest BCUT2D eigenvalue weighted by Gasteiger charge is 2.07. The predicted octanol–water partition coefficient (Wildman–Crippen LogP) is 2.13. The van der Waals surface area contributed by atoms with Gasteiger partial charge in [-0.25, -0.2) is 0 Å². The Morgan fingerprint density at radius 1 is 1.50 bits per heavy atom. The Balaban J connectivity index is 3.15. The van der Waals surface area contributed by atoms with Crippen molar-refractivity contribution in [3.05, 3.63) is 35.4 Å². The summed E-state index contributed by atoms with van der Waals surface area (Å²) in [6.07, 6.45) is 0. The number of Topliss-reactive ketones (excluding diaryl/α,β-unsaturated/α-hetero) is 1. The number of benzene rings is 1. The fraction of sp³-hybridized carbons (Fsp3) is 0.111. The van der Waals surface area contributed by atoms with Crippen molar-refractivity contribution in [2.45, 2.75) is 5.88 Å². The minimum Gasteiger partial charge on any atom is -0.277 e. The normalized spacial score (nSPS) is 9.00. The van der Waals surface area contributed by atoms with Crippen LogP contribution in [0.4, 0.5) is 0 Å². The van der Waals surface area contributed by atoms with Crippen LogP contribution in [0.25, 0.3) is 0 Å². The number of hydrogen-bond donors (Lipinski definition) is 0. The van der Waals surface area contributed by atoms with Gasteiger partial charge in [0.2, 0.25) is 0 Å². The van der Waals surface area contributed by atoms with E-state index in [-0.39, 0.29) is 5.88 Å². The van der Waals surface area contributed by atoms with E-state index in [0.717, 1.165) is 0 Å². The van der Waals surface area contributed by atoms with Gasteiger partial charge in [0.15, 0.2) is 0 Å². The van der Waals surface area contributed by atoms with Crippen LogP contribution in [-0.2, 0) is 5.88 Å². The lowest BCUT2D eigenvalue weighted by atomic mass is 10.1. The van der Waals surface area contributed by atoms with Crippen molar-refractivity contribution in [3.8, 4) is 6.07 Å². The van der Waals surface area contributed by atoms with Crippen molar-refractivity contribution in [3.63, 3.8) is 0 Å². The number of halogens is 1. The first-order valence-corrected chi connectivity index (χ1v) is 3.91. The molecule has 0 N–H and O–H groups in total. The molecule has 1 aromatic carbocycles. The molecular formula is C9H6ClNO. The molecule has 60 valence electrons. The van der Waals surface area contributed by atoms with Gasteiger partial charge in [0, 0.05) is 11.4 Å². The molecule has 0 spiro atoms. The lowest BCUT2D eigenvalue weighted by molar-refractivity contribution is 0.105. The number of hydrogen-bond acceptors (Lipinski definition) is 2. The first-order valence-electron chi connectivity index (χ1n) is 3.38. The zero-order chi connectivity index (χ0) is 8.97. The van der Waals surface area contributed by atoms with Gasteiger partial charge in [-0.3, -0.25) is 4.79 Å². The van der Waals surface area contributed by atoms with Crippen LogP contribution in [0.2, 0.25) is 0 Å². The van der Waals surface area contributed by atoms with Crippen LogP contribution in [0, 0.1) is 11.3 Å². The van der Waals surface area contributed by atoms with Crippen LogP contribution < -0.4 is 0 Å². The average Bonchev–Trinajstić information content (AvgIpc) is 2.16. The monoisotopic (exact) mass is 179 g/mol. The Morgan fingerprint density at radius 2 is 2.17 bits per heavy atom. The third-order valence-corrected chi connectivity index (χ3v) is 1.80. The Bertz CT molecular complexity index is 341. The second-order valence-corrected chi connectivity index (χ2v) is 2.50. The highest BCUT2D eigenvalue weighted by molar-refractivity contribution is 6.18. The van der Waals surface area contributed by atoms with E-state index in [0.29, 0.717) is 11.1 Å². The number of nitriles is 1. The highest BCUT2D eigenvalue weighted by Crippen LogP contribution is 2.11. The number of ketones is 1. The van der Waals surface area contributed by atoms with E-state index >= 15 is 0 Å². The van der Waals surface area contributed by atoms with Crippen LogP contribution in [0.1, 0.15) is 15.9 Å². The largest absolute Gasteiger partial charge is 0.277 e. The number of carbonyl (C=O) groups is 1. The molecule has 0 aliphatic carbocycles. The quantitative estimate of drug-likeness (QED) is 0.397. The summed E-state index contributed by atoms with van der Waals surface area (Å²) >= 11 is 5.57. The molecule has 2 nitrogen and oxygen atoms in total. The molecule has 0 bridgehead atoms. The summed E-state index contributed by atoms with van der Waals surface area (Å²) in [5, 5.41) is 8.37. The van der Waals surface area contributed by atoms with E-state index in [9.17, 15) is 4.79 Å². The number of nitrogens with zero attached hydrogens (tertiary/aromatic N) is 1. The van der Waals surface area contributed by atoms with Gasteiger partial charge in [-0.2, -0.15) is 5.26 Å². The molecule has 0 saturated heterocycles. The van der Waals surface area contributed by atoms with Gasteiger partial charge >= 0.3 is 0 Å². The SMILES string of the molecule is N#CC(=O)c1ccccc1CCl. The van der Waals surface area contributed by atoms with Crippen LogP contribution in [0.15, 0.2) is 24.3 Å². The van der Waals surface area contributed by atoms with Gasteiger partial charge in [-0.05, 0) is 11.6 Å². The number of alkyl halides is 1. The molecule has 0 unspecified atom stereocenters. The van der Waals surface area contributed by atoms with Gasteiger partial charge in [0.1, 0.15) is 6.07 Å². The molecule has 1 rings (SSSR count). The lowest BCUT2D eigenvalue weighted by Crippen LogP contribution is -1.98. The molecule has 1 aromatic rings. The van der Waals surface area contributed by atoms with E-state index in [2.05, 4.69) is 0 Å². The zero-order valence-electron chi connectivity index (χ0n) is 6.25. The van der Waals surface area contributed by atoms with Crippen LogP contribution >= 0.6 is 11.6 Å². The molecule has 12 heavy (non-hydrogen) atoms. The van der Waals surface area contributed by atoms with Crippen LogP contribution in [-0.4, -0.2) is 5.78 Å². The van der Waals surface area contributed by atoms with Crippen molar-refractivity contribution in [1.82, 2.24) is 0 Å². The van der Waals surface area contributed by atoms with E-state index < -0.39 is 5.78 Å². The van der Waals surface area contributed by atoms with Gasteiger partial charge in [0.05, 0.1) is 0 Å². The standard InChI is InChI=1S/C9H6ClNO/c10-5-7-3-1-2-4-8(7)9(12)6-11/h1-4H,5H2. The maximum atomic E-state index is 11.0. The summed E-state index contributed by atoms with van der Waals surface area (Å²) in [4.78, 5) is 11.0. The molecular weight excluding hydrogens is 174 g/mol. The van der Waals surface area contributed by atoms with Crippen LogP contribution in [0.5, 0.6) is 0 Å². The lowest BCUT2D eigenvalue weighted by Gasteiger charge is -1.99. The molecule has 0 atom stereocenters. The predicted molar refractivity (Wildman–Crippen MR) is 45.9 cm³/mol. The third kappa shape index (κ3) is 1.63. The topological polar surface area (TPSA) is 40.9 Å². The van der Waals surface area contributed by atoms with E-state index in [1.807, 2.05) is 0 Å². The number of carbonyl (C=O) groups excluding carboxylic acids is 1. The van der Waals surface area contributed by atoms with E-state index in [1.165, 1.54) is 0 Å². The summed E-state index contributed by atoms with van der Waals surface area (Å²) < 4.78 is 0. The van der Waals surface area contributed by atoms with E-state index in [1.54, 1.807) is 30.3 Å². The van der Waals surface area contributed by atoms with Crippen molar-refractivity contribution < 1.29 is 4.79 Å². The molecule has 0 amide bonds. The van der Waals surface area contributed by atoms with Crippen molar-refractivity contribution in [2.24, 2.45) is 0 Å². The second kappa shape index (κ2) is 3.89. The maximum Gasteiger partial charge on any atom is 0.262 e. The Hall–Kier alpha value is -1.33. The first-order chi connectivity index (χ1) is 5.79. The molecule has 0 heterocycles. The Labute approximate surface area is 75.4 Å². The van der Waals surface area contributed by atoms with Crippen molar-refractivity contribution >= 4 is 17.4 Å². The van der Waals surface area contributed by atoms with Gasteiger partial charge in [0.25, 0.3) is 5.78 Å². The van der Waals surface area contributed by atoms with Gasteiger partial charge in [-0.15, -0.1) is 11.6 Å². The number of rotatable bonds is 2. The fourth-order valence-electron chi connectivity index (χ4n) is 0.919. The molecule has 0 fully saturated rings. The van der Waals surface area contributed by atoms with Crippen LogP contribution in [0.3, 0.4) is 0 Å². The molecule has 3 heteroatoms. The Morgan fingerprint density at radius 3 is 2.75 bits per heavy atom. The third-order valence-electron chi connectivity index (χ3n) is 1.51. The summed E-state index contributed by atoms with van der Waals surface area (Å²) in [6.45, 7) is 0. The minimum absolute atomic E-state index is 0.254.